The second-order valence-electron chi connectivity index (χ2n) is 4.40. The maximum absolute atomic E-state index is 13.4. The molecule has 0 bridgehead atoms. The van der Waals surface area contributed by atoms with Gasteiger partial charge in [0.25, 0.3) is 0 Å². The molecule has 0 radical (unpaired) electrons. The summed E-state index contributed by atoms with van der Waals surface area (Å²) >= 11 is 0. The van der Waals surface area contributed by atoms with Gasteiger partial charge in [-0.25, -0.2) is 8.78 Å². The number of carbonyl (C=O) groups excluding carboxylic acids is 1. The maximum atomic E-state index is 13.4. The molecule has 0 aliphatic rings. The van der Waals surface area contributed by atoms with Gasteiger partial charge in [-0.05, 0) is 43.0 Å². The molecule has 1 atom stereocenters. The Hall–Kier alpha value is -1.25. The summed E-state index contributed by atoms with van der Waals surface area (Å²) in [4.78, 5) is 11.4. The standard InChI is InChI=1S/C13H16F2O/c1-8(2)12(9(3)16)7-10-6-11(14)4-5-13(10)15/h4-6,8,12H,7H2,1-3H3. The molecule has 1 unspecified atom stereocenters. The summed E-state index contributed by atoms with van der Waals surface area (Å²) in [5, 5.41) is 0. The van der Waals surface area contributed by atoms with Crippen LogP contribution in [0.4, 0.5) is 8.78 Å². The molecule has 0 aromatic heterocycles. The molecular formula is C13H16F2O. The van der Waals surface area contributed by atoms with E-state index in [0.717, 1.165) is 18.2 Å². The average molecular weight is 226 g/mol. The van der Waals surface area contributed by atoms with Crippen molar-refractivity contribution in [2.75, 3.05) is 0 Å². The molecule has 88 valence electrons. The highest BCUT2D eigenvalue weighted by atomic mass is 19.1. The number of halogens is 2. The van der Waals surface area contributed by atoms with Crippen LogP contribution in [0.15, 0.2) is 18.2 Å². The van der Waals surface area contributed by atoms with Crippen molar-refractivity contribution in [2.24, 2.45) is 11.8 Å². The number of hydrogen-bond acceptors (Lipinski definition) is 1. The molecule has 1 nitrogen and oxygen atoms in total. The summed E-state index contributed by atoms with van der Waals surface area (Å²) in [6, 6.07) is 3.34. The van der Waals surface area contributed by atoms with Gasteiger partial charge in [0.05, 0.1) is 0 Å². The monoisotopic (exact) mass is 226 g/mol. The second-order valence-corrected chi connectivity index (χ2v) is 4.40. The second kappa shape index (κ2) is 5.19. The minimum Gasteiger partial charge on any atom is -0.300 e. The molecular weight excluding hydrogens is 210 g/mol. The van der Waals surface area contributed by atoms with Gasteiger partial charge in [0.1, 0.15) is 17.4 Å². The molecule has 0 N–H and O–H groups in total. The fourth-order valence-corrected chi connectivity index (χ4v) is 1.79. The van der Waals surface area contributed by atoms with Crippen molar-refractivity contribution in [1.29, 1.82) is 0 Å². The normalized spacial score (nSPS) is 12.9. The summed E-state index contributed by atoms with van der Waals surface area (Å²) in [6.45, 7) is 5.30. The van der Waals surface area contributed by atoms with Crippen LogP contribution in [0.2, 0.25) is 0 Å². The van der Waals surface area contributed by atoms with E-state index in [2.05, 4.69) is 0 Å². The molecule has 3 heteroatoms. The SMILES string of the molecule is CC(=O)C(Cc1cc(F)ccc1F)C(C)C. The van der Waals surface area contributed by atoms with Crippen LogP contribution in [0.5, 0.6) is 0 Å². The van der Waals surface area contributed by atoms with Crippen molar-refractivity contribution in [3.63, 3.8) is 0 Å². The van der Waals surface area contributed by atoms with E-state index in [-0.39, 0.29) is 29.6 Å². The highest BCUT2D eigenvalue weighted by Gasteiger charge is 2.20. The Balaban J connectivity index is 2.93. The van der Waals surface area contributed by atoms with Crippen LogP contribution in [-0.4, -0.2) is 5.78 Å². The lowest BCUT2D eigenvalue weighted by atomic mass is 9.86. The Morgan fingerprint density at radius 1 is 1.31 bits per heavy atom. The minimum absolute atomic E-state index is 0.0126. The largest absolute Gasteiger partial charge is 0.300 e. The van der Waals surface area contributed by atoms with Crippen LogP contribution in [0, 0.1) is 23.5 Å². The van der Waals surface area contributed by atoms with Crippen LogP contribution in [-0.2, 0) is 11.2 Å². The maximum Gasteiger partial charge on any atom is 0.133 e. The van der Waals surface area contributed by atoms with Gasteiger partial charge in [0, 0.05) is 5.92 Å². The van der Waals surface area contributed by atoms with Crippen molar-refractivity contribution in [2.45, 2.75) is 27.2 Å². The molecule has 0 amide bonds. The van der Waals surface area contributed by atoms with Gasteiger partial charge in [-0.1, -0.05) is 13.8 Å². The fraction of sp³-hybridized carbons (Fsp3) is 0.462. The van der Waals surface area contributed by atoms with Crippen molar-refractivity contribution in [1.82, 2.24) is 0 Å². The Morgan fingerprint density at radius 2 is 1.94 bits per heavy atom. The molecule has 1 aromatic rings. The molecule has 0 aliphatic carbocycles. The van der Waals surface area contributed by atoms with E-state index >= 15 is 0 Å². The van der Waals surface area contributed by atoms with E-state index in [1.54, 1.807) is 0 Å². The zero-order valence-electron chi connectivity index (χ0n) is 9.76. The van der Waals surface area contributed by atoms with Gasteiger partial charge < -0.3 is 0 Å². The Bertz CT molecular complexity index is 386. The van der Waals surface area contributed by atoms with Crippen molar-refractivity contribution >= 4 is 5.78 Å². The first-order chi connectivity index (χ1) is 7.41. The van der Waals surface area contributed by atoms with Crippen LogP contribution >= 0.6 is 0 Å². The summed E-state index contributed by atoms with van der Waals surface area (Å²) in [5.74, 6) is -1.04. The van der Waals surface area contributed by atoms with E-state index in [4.69, 9.17) is 0 Å². The zero-order valence-corrected chi connectivity index (χ0v) is 9.76. The quantitative estimate of drug-likeness (QED) is 0.769. The Morgan fingerprint density at radius 3 is 2.44 bits per heavy atom. The lowest BCUT2D eigenvalue weighted by Gasteiger charge is -2.18. The topological polar surface area (TPSA) is 17.1 Å². The molecule has 0 heterocycles. The Kier molecular flexibility index (Phi) is 4.16. The number of ketones is 1. The highest BCUT2D eigenvalue weighted by molar-refractivity contribution is 5.78. The molecule has 1 rings (SSSR count). The van der Waals surface area contributed by atoms with Gasteiger partial charge in [-0.15, -0.1) is 0 Å². The van der Waals surface area contributed by atoms with E-state index in [0.29, 0.717) is 0 Å². The predicted octanol–water partition coefficient (Wildman–Crippen LogP) is 3.37. The number of carbonyl (C=O) groups is 1. The average Bonchev–Trinajstić information content (AvgIpc) is 2.18. The van der Waals surface area contributed by atoms with E-state index in [1.807, 2.05) is 13.8 Å². The lowest BCUT2D eigenvalue weighted by molar-refractivity contribution is -0.121. The first-order valence-corrected chi connectivity index (χ1v) is 5.36. The molecule has 0 spiro atoms. The van der Waals surface area contributed by atoms with E-state index in [1.165, 1.54) is 6.92 Å². The van der Waals surface area contributed by atoms with Crippen molar-refractivity contribution < 1.29 is 13.6 Å². The van der Waals surface area contributed by atoms with Gasteiger partial charge in [0.15, 0.2) is 0 Å². The third kappa shape index (κ3) is 3.12. The zero-order chi connectivity index (χ0) is 12.3. The molecule has 0 saturated carbocycles. The third-order valence-electron chi connectivity index (χ3n) is 2.77. The molecule has 0 aliphatic heterocycles. The van der Waals surface area contributed by atoms with Gasteiger partial charge in [-0.2, -0.15) is 0 Å². The third-order valence-corrected chi connectivity index (χ3v) is 2.77. The summed E-state index contributed by atoms with van der Waals surface area (Å²) in [7, 11) is 0. The van der Waals surface area contributed by atoms with E-state index in [9.17, 15) is 13.6 Å². The number of rotatable bonds is 4. The van der Waals surface area contributed by atoms with Gasteiger partial charge in [-0.3, -0.25) is 4.79 Å². The molecule has 16 heavy (non-hydrogen) atoms. The number of Topliss-reactive ketones (excluding diaryl/α,β-unsaturated/α-hetero) is 1. The predicted molar refractivity (Wildman–Crippen MR) is 59.1 cm³/mol. The summed E-state index contributed by atoms with van der Waals surface area (Å²) in [5.41, 5.74) is 0.272. The minimum atomic E-state index is -0.470. The summed E-state index contributed by atoms with van der Waals surface area (Å²) < 4.78 is 26.3. The van der Waals surface area contributed by atoms with Crippen molar-refractivity contribution in [3.05, 3.63) is 35.4 Å². The van der Waals surface area contributed by atoms with Crippen molar-refractivity contribution in [3.8, 4) is 0 Å². The van der Waals surface area contributed by atoms with Gasteiger partial charge >= 0.3 is 0 Å². The first kappa shape index (κ1) is 12.8. The van der Waals surface area contributed by atoms with E-state index < -0.39 is 11.6 Å². The number of benzene rings is 1. The lowest BCUT2D eigenvalue weighted by Crippen LogP contribution is -2.20. The van der Waals surface area contributed by atoms with Crippen LogP contribution < -0.4 is 0 Å². The smallest absolute Gasteiger partial charge is 0.133 e. The van der Waals surface area contributed by atoms with Crippen LogP contribution in [0.1, 0.15) is 26.3 Å². The highest BCUT2D eigenvalue weighted by Crippen LogP contribution is 2.20. The van der Waals surface area contributed by atoms with Gasteiger partial charge in [0.2, 0.25) is 0 Å². The van der Waals surface area contributed by atoms with Crippen LogP contribution in [0.25, 0.3) is 0 Å². The number of hydrogen-bond donors (Lipinski definition) is 0. The Labute approximate surface area is 94.5 Å². The fourth-order valence-electron chi connectivity index (χ4n) is 1.79. The molecule has 0 fully saturated rings. The molecule has 0 saturated heterocycles. The molecule has 1 aromatic carbocycles. The summed E-state index contributed by atoms with van der Waals surface area (Å²) in [6.07, 6.45) is 0.261. The van der Waals surface area contributed by atoms with Crippen LogP contribution in [0.3, 0.4) is 0 Å². The first-order valence-electron chi connectivity index (χ1n) is 5.36.